The largest absolute Gasteiger partial charge is 0.370 e. The Morgan fingerprint density at radius 2 is 1.92 bits per heavy atom. The Balaban J connectivity index is 2.95. The van der Waals surface area contributed by atoms with Gasteiger partial charge in [-0.3, -0.25) is 9.59 Å². The summed E-state index contributed by atoms with van der Waals surface area (Å²) in [6.45, 7) is 1.40. The Bertz CT molecular complexity index is 774. The molecule has 0 radical (unpaired) electrons. The quantitative estimate of drug-likeness (QED) is 0.618. The van der Waals surface area contributed by atoms with E-state index in [1.807, 2.05) is 0 Å². The SMILES string of the molecule is CC(C(=O)N[C@H](C#N)CC(N)=O)N(Cc1ccc(Br)cc1)S(C)(=O)=O. The molecule has 136 valence electrons. The zero-order valence-corrected chi connectivity index (χ0v) is 16.2. The number of primary amides is 1. The molecule has 1 unspecified atom stereocenters. The average Bonchev–Trinajstić information content (AvgIpc) is 2.51. The van der Waals surface area contributed by atoms with Crippen LogP contribution in [-0.4, -0.2) is 42.9 Å². The zero-order chi connectivity index (χ0) is 19.2. The second-order valence-corrected chi connectivity index (χ2v) is 8.32. The van der Waals surface area contributed by atoms with E-state index in [0.717, 1.165) is 15.0 Å². The van der Waals surface area contributed by atoms with Crippen molar-refractivity contribution in [3.05, 3.63) is 34.3 Å². The highest BCUT2D eigenvalue weighted by Gasteiger charge is 2.30. The lowest BCUT2D eigenvalue weighted by atomic mass is 10.2. The van der Waals surface area contributed by atoms with E-state index in [0.29, 0.717) is 5.56 Å². The van der Waals surface area contributed by atoms with Gasteiger partial charge in [0, 0.05) is 11.0 Å². The van der Waals surface area contributed by atoms with Crippen LogP contribution >= 0.6 is 15.9 Å². The van der Waals surface area contributed by atoms with Gasteiger partial charge in [0.05, 0.1) is 18.7 Å². The van der Waals surface area contributed by atoms with Crippen molar-refractivity contribution in [1.82, 2.24) is 9.62 Å². The number of carbonyl (C=O) groups excluding carboxylic acids is 2. The Morgan fingerprint density at radius 3 is 2.36 bits per heavy atom. The number of nitrogens with two attached hydrogens (primary N) is 1. The maximum absolute atomic E-state index is 12.3. The number of benzene rings is 1. The van der Waals surface area contributed by atoms with Crippen LogP contribution in [0.25, 0.3) is 0 Å². The van der Waals surface area contributed by atoms with Gasteiger partial charge in [0.15, 0.2) is 0 Å². The molecule has 1 rings (SSSR count). The molecule has 1 aromatic carbocycles. The van der Waals surface area contributed by atoms with E-state index in [1.54, 1.807) is 30.3 Å². The molecule has 0 heterocycles. The van der Waals surface area contributed by atoms with Crippen LogP contribution in [0.4, 0.5) is 0 Å². The molecule has 10 heteroatoms. The van der Waals surface area contributed by atoms with E-state index in [9.17, 15) is 18.0 Å². The van der Waals surface area contributed by atoms with Gasteiger partial charge in [-0.25, -0.2) is 8.42 Å². The Kier molecular flexibility index (Phi) is 7.54. The number of rotatable bonds is 8. The van der Waals surface area contributed by atoms with Crippen molar-refractivity contribution >= 4 is 37.8 Å². The molecule has 8 nitrogen and oxygen atoms in total. The minimum atomic E-state index is -3.70. The number of hydrogen-bond donors (Lipinski definition) is 2. The van der Waals surface area contributed by atoms with E-state index in [1.165, 1.54) is 6.92 Å². The highest BCUT2D eigenvalue weighted by molar-refractivity contribution is 9.10. The van der Waals surface area contributed by atoms with Gasteiger partial charge in [0.2, 0.25) is 21.8 Å². The molecular formula is C15H19BrN4O4S. The fourth-order valence-corrected chi connectivity index (χ4v) is 3.38. The monoisotopic (exact) mass is 430 g/mol. The van der Waals surface area contributed by atoms with Gasteiger partial charge in [-0.2, -0.15) is 9.57 Å². The van der Waals surface area contributed by atoms with Gasteiger partial charge in [0.1, 0.15) is 12.1 Å². The van der Waals surface area contributed by atoms with E-state index in [-0.39, 0.29) is 13.0 Å². The Morgan fingerprint density at radius 1 is 1.36 bits per heavy atom. The summed E-state index contributed by atoms with van der Waals surface area (Å²) in [6.07, 6.45) is 0.654. The lowest BCUT2D eigenvalue weighted by Gasteiger charge is -2.26. The Hall–Kier alpha value is -1.96. The van der Waals surface area contributed by atoms with Gasteiger partial charge < -0.3 is 11.1 Å². The van der Waals surface area contributed by atoms with E-state index < -0.39 is 33.9 Å². The fourth-order valence-electron chi connectivity index (χ4n) is 2.06. The third kappa shape index (κ3) is 6.81. The molecule has 0 aromatic heterocycles. The molecular weight excluding hydrogens is 412 g/mol. The molecule has 1 aromatic rings. The molecule has 25 heavy (non-hydrogen) atoms. The van der Waals surface area contributed by atoms with E-state index in [2.05, 4.69) is 21.2 Å². The van der Waals surface area contributed by atoms with E-state index in [4.69, 9.17) is 11.0 Å². The van der Waals surface area contributed by atoms with Crippen LogP contribution in [0.15, 0.2) is 28.7 Å². The summed E-state index contributed by atoms with van der Waals surface area (Å²) in [5.41, 5.74) is 5.71. The maximum atomic E-state index is 12.3. The van der Waals surface area contributed by atoms with Crippen molar-refractivity contribution < 1.29 is 18.0 Å². The number of halogens is 1. The molecule has 0 fully saturated rings. The summed E-state index contributed by atoms with van der Waals surface area (Å²) in [5.74, 6) is -1.43. The molecule has 0 saturated heterocycles. The molecule has 0 aliphatic carbocycles. The van der Waals surface area contributed by atoms with Crippen LogP contribution in [0.2, 0.25) is 0 Å². The predicted octanol–water partition coefficient (Wildman–Crippen LogP) is 0.483. The van der Waals surface area contributed by atoms with Gasteiger partial charge in [-0.05, 0) is 24.6 Å². The molecule has 2 atom stereocenters. The summed E-state index contributed by atoms with van der Waals surface area (Å²) >= 11 is 3.29. The number of nitriles is 1. The standard InChI is InChI=1S/C15H19BrN4O4S/c1-10(15(22)19-13(8-17)7-14(18)21)20(25(2,23)24)9-11-3-5-12(16)6-4-11/h3-6,10,13H,7,9H2,1-2H3,(H2,18,21)(H,19,22)/t10?,13-/m0/s1. The predicted molar refractivity (Wildman–Crippen MR) is 95.3 cm³/mol. The third-order valence-electron chi connectivity index (χ3n) is 3.37. The molecule has 2 amide bonds. The molecule has 3 N–H and O–H groups in total. The summed E-state index contributed by atoms with van der Waals surface area (Å²) in [7, 11) is -3.70. The first-order chi connectivity index (χ1) is 11.5. The van der Waals surface area contributed by atoms with Crippen LogP contribution in [0.1, 0.15) is 18.9 Å². The van der Waals surface area contributed by atoms with Crippen molar-refractivity contribution in [3.8, 4) is 6.07 Å². The second-order valence-electron chi connectivity index (χ2n) is 5.47. The smallest absolute Gasteiger partial charge is 0.239 e. The number of amides is 2. The van der Waals surface area contributed by atoms with Crippen LogP contribution in [0.5, 0.6) is 0 Å². The summed E-state index contributed by atoms with van der Waals surface area (Å²) in [6, 6.07) is 6.56. The fraction of sp³-hybridized carbons (Fsp3) is 0.400. The highest BCUT2D eigenvalue weighted by atomic mass is 79.9. The van der Waals surface area contributed by atoms with Crippen LogP contribution < -0.4 is 11.1 Å². The van der Waals surface area contributed by atoms with Crippen molar-refractivity contribution in [3.63, 3.8) is 0 Å². The van der Waals surface area contributed by atoms with Crippen LogP contribution in [0, 0.1) is 11.3 Å². The Labute approximate surface area is 155 Å². The van der Waals surface area contributed by atoms with Crippen molar-refractivity contribution in [2.45, 2.75) is 32.0 Å². The summed E-state index contributed by atoms with van der Waals surface area (Å²) in [4.78, 5) is 23.2. The first-order valence-electron chi connectivity index (χ1n) is 7.24. The number of nitrogens with one attached hydrogen (secondary N) is 1. The second kappa shape index (κ2) is 8.94. The normalized spacial score (nSPS) is 13.7. The lowest BCUT2D eigenvalue weighted by molar-refractivity contribution is -0.125. The molecule has 0 spiro atoms. The molecule has 0 saturated carbocycles. The van der Waals surface area contributed by atoms with Crippen molar-refractivity contribution in [2.75, 3.05) is 6.26 Å². The minimum absolute atomic E-state index is 0.00621. The number of hydrogen-bond acceptors (Lipinski definition) is 5. The maximum Gasteiger partial charge on any atom is 0.239 e. The molecule has 0 aliphatic heterocycles. The van der Waals surface area contributed by atoms with Gasteiger partial charge in [-0.1, -0.05) is 28.1 Å². The number of nitrogens with zero attached hydrogens (tertiary/aromatic N) is 2. The number of sulfonamides is 1. The number of carbonyl (C=O) groups is 2. The summed E-state index contributed by atoms with van der Waals surface area (Å²) in [5, 5.41) is 11.3. The van der Waals surface area contributed by atoms with E-state index >= 15 is 0 Å². The third-order valence-corrected chi connectivity index (χ3v) is 5.19. The topological polar surface area (TPSA) is 133 Å². The molecule has 0 aliphatic rings. The first-order valence-corrected chi connectivity index (χ1v) is 9.88. The molecule has 0 bridgehead atoms. The van der Waals surface area contributed by atoms with Crippen LogP contribution in [-0.2, 0) is 26.2 Å². The minimum Gasteiger partial charge on any atom is -0.370 e. The van der Waals surface area contributed by atoms with Gasteiger partial charge in [0.25, 0.3) is 0 Å². The zero-order valence-electron chi connectivity index (χ0n) is 13.8. The van der Waals surface area contributed by atoms with Crippen LogP contribution in [0.3, 0.4) is 0 Å². The van der Waals surface area contributed by atoms with Gasteiger partial charge >= 0.3 is 0 Å². The summed E-state index contributed by atoms with van der Waals surface area (Å²) < 4.78 is 26.0. The van der Waals surface area contributed by atoms with Crippen molar-refractivity contribution in [2.24, 2.45) is 5.73 Å². The van der Waals surface area contributed by atoms with Crippen molar-refractivity contribution in [1.29, 1.82) is 5.26 Å². The average molecular weight is 431 g/mol. The highest BCUT2D eigenvalue weighted by Crippen LogP contribution is 2.16. The first kappa shape index (κ1) is 21.1. The van der Waals surface area contributed by atoms with Gasteiger partial charge in [-0.15, -0.1) is 0 Å². The lowest BCUT2D eigenvalue weighted by Crippen LogP contribution is -2.50.